The maximum atomic E-state index is 11.9. The second-order valence-electron chi connectivity index (χ2n) is 4.71. The summed E-state index contributed by atoms with van der Waals surface area (Å²) in [7, 11) is 0. The normalized spacial score (nSPS) is 17.7. The molecule has 1 aromatic rings. The molecule has 0 aliphatic carbocycles. The van der Waals surface area contributed by atoms with Crippen LogP contribution < -0.4 is 10.6 Å². The van der Waals surface area contributed by atoms with Crippen LogP contribution in [0.2, 0.25) is 0 Å². The Hall–Kier alpha value is -1.69. The molecule has 1 atom stereocenters. The number of carboxylic acid groups (broad SMARTS) is 1. The molecular formula is C14H18N2O3S. The van der Waals surface area contributed by atoms with Crippen LogP contribution in [0.5, 0.6) is 0 Å². The standard InChI is InChI=1S/C14H18N2O3S/c17-13(18)6-5-10-3-1-2-4-12(10)16-14(19)15-11-7-8-20-9-11/h1-4,11H,5-9H2,(H,17,18)(H2,15,16,19). The molecular weight excluding hydrogens is 276 g/mol. The average Bonchev–Trinajstić information content (AvgIpc) is 2.90. The molecule has 1 aliphatic rings. The summed E-state index contributed by atoms with van der Waals surface area (Å²) in [5.41, 5.74) is 1.52. The van der Waals surface area contributed by atoms with Crippen LogP contribution in [0.3, 0.4) is 0 Å². The first-order valence-corrected chi connectivity index (χ1v) is 7.75. The molecule has 1 aliphatic heterocycles. The molecule has 1 saturated heterocycles. The quantitative estimate of drug-likeness (QED) is 0.779. The van der Waals surface area contributed by atoms with E-state index in [1.54, 1.807) is 6.07 Å². The third kappa shape index (κ3) is 4.45. The van der Waals surface area contributed by atoms with Gasteiger partial charge in [0.15, 0.2) is 0 Å². The van der Waals surface area contributed by atoms with E-state index in [0.29, 0.717) is 12.1 Å². The van der Waals surface area contributed by atoms with Crippen molar-refractivity contribution in [3.05, 3.63) is 29.8 Å². The Morgan fingerprint density at radius 1 is 1.35 bits per heavy atom. The fourth-order valence-electron chi connectivity index (χ4n) is 2.09. The third-order valence-corrected chi connectivity index (χ3v) is 4.30. The Labute approximate surface area is 122 Å². The van der Waals surface area contributed by atoms with Crippen LogP contribution in [0.1, 0.15) is 18.4 Å². The number of rotatable bonds is 5. The number of amides is 2. The van der Waals surface area contributed by atoms with E-state index in [1.165, 1.54) is 0 Å². The predicted molar refractivity (Wildman–Crippen MR) is 80.3 cm³/mol. The number of carbonyl (C=O) groups excluding carboxylic acids is 1. The topological polar surface area (TPSA) is 78.4 Å². The number of aliphatic carboxylic acids is 1. The Balaban J connectivity index is 1.93. The lowest BCUT2D eigenvalue weighted by molar-refractivity contribution is -0.136. The molecule has 1 unspecified atom stereocenters. The van der Waals surface area contributed by atoms with Gasteiger partial charge >= 0.3 is 12.0 Å². The number of hydrogen-bond donors (Lipinski definition) is 3. The molecule has 1 fully saturated rings. The third-order valence-electron chi connectivity index (χ3n) is 3.14. The molecule has 2 rings (SSSR count). The molecule has 1 heterocycles. The fourth-order valence-corrected chi connectivity index (χ4v) is 3.25. The molecule has 0 radical (unpaired) electrons. The van der Waals surface area contributed by atoms with E-state index in [2.05, 4.69) is 10.6 Å². The number of carboxylic acids is 1. The van der Waals surface area contributed by atoms with Crippen LogP contribution in [-0.4, -0.2) is 34.7 Å². The van der Waals surface area contributed by atoms with Crippen LogP contribution in [-0.2, 0) is 11.2 Å². The predicted octanol–water partition coefficient (Wildman–Crippen LogP) is 2.33. The maximum Gasteiger partial charge on any atom is 0.319 e. The number of benzene rings is 1. The zero-order valence-electron chi connectivity index (χ0n) is 11.1. The van der Waals surface area contributed by atoms with E-state index < -0.39 is 5.97 Å². The van der Waals surface area contributed by atoms with Gasteiger partial charge in [-0.25, -0.2) is 4.79 Å². The molecule has 20 heavy (non-hydrogen) atoms. The lowest BCUT2D eigenvalue weighted by atomic mass is 10.1. The lowest BCUT2D eigenvalue weighted by Gasteiger charge is -2.14. The van der Waals surface area contributed by atoms with Crippen LogP contribution in [0, 0.1) is 0 Å². The molecule has 0 saturated carbocycles. The van der Waals surface area contributed by atoms with Crippen molar-refractivity contribution in [3.8, 4) is 0 Å². The van der Waals surface area contributed by atoms with Crippen molar-refractivity contribution < 1.29 is 14.7 Å². The largest absolute Gasteiger partial charge is 0.481 e. The van der Waals surface area contributed by atoms with Crippen LogP contribution >= 0.6 is 11.8 Å². The number of para-hydroxylation sites is 1. The lowest BCUT2D eigenvalue weighted by Crippen LogP contribution is -2.38. The molecule has 2 amide bonds. The minimum absolute atomic E-state index is 0.0551. The van der Waals surface area contributed by atoms with Crippen molar-refractivity contribution in [1.29, 1.82) is 0 Å². The number of aryl methyl sites for hydroxylation is 1. The Morgan fingerprint density at radius 2 is 2.15 bits per heavy atom. The van der Waals surface area contributed by atoms with E-state index in [1.807, 2.05) is 30.0 Å². The highest BCUT2D eigenvalue weighted by Crippen LogP contribution is 2.19. The summed E-state index contributed by atoms with van der Waals surface area (Å²) in [6.07, 6.45) is 1.46. The van der Waals surface area contributed by atoms with Gasteiger partial charge in [-0.1, -0.05) is 18.2 Å². The number of anilines is 1. The minimum atomic E-state index is -0.841. The highest BCUT2D eigenvalue weighted by atomic mass is 32.2. The molecule has 1 aromatic carbocycles. The van der Waals surface area contributed by atoms with Gasteiger partial charge in [-0.2, -0.15) is 11.8 Å². The molecule has 3 N–H and O–H groups in total. The SMILES string of the molecule is O=C(O)CCc1ccccc1NC(=O)NC1CCSC1. The first kappa shape index (κ1) is 14.7. The van der Waals surface area contributed by atoms with Gasteiger partial charge in [0.1, 0.15) is 0 Å². The van der Waals surface area contributed by atoms with Crippen molar-refractivity contribution in [2.75, 3.05) is 16.8 Å². The summed E-state index contributed by atoms with van der Waals surface area (Å²) >= 11 is 1.84. The second kappa shape index (κ2) is 7.19. The molecule has 108 valence electrons. The molecule has 0 aromatic heterocycles. The summed E-state index contributed by atoms with van der Waals surface area (Å²) in [5, 5.41) is 14.5. The van der Waals surface area contributed by atoms with E-state index >= 15 is 0 Å². The Kier molecular flexibility index (Phi) is 5.29. The van der Waals surface area contributed by atoms with Gasteiger partial charge in [-0.3, -0.25) is 4.79 Å². The highest BCUT2D eigenvalue weighted by Gasteiger charge is 2.17. The van der Waals surface area contributed by atoms with Gasteiger partial charge in [0.05, 0.1) is 0 Å². The van der Waals surface area contributed by atoms with Crippen LogP contribution in [0.25, 0.3) is 0 Å². The molecule has 5 nitrogen and oxygen atoms in total. The maximum absolute atomic E-state index is 11.9. The summed E-state index contributed by atoms with van der Waals surface area (Å²) in [6.45, 7) is 0. The molecule has 0 bridgehead atoms. The van der Waals surface area contributed by atoms with E-state index in [0.717, 1.165) is 23.5 Å². The number of hydrogen-bond acceptors (Lipinski definition) is 3. The van der Waals surface area contributed by atoms with Crippen molar-refractivity contribution in [3.63, 3.8) is 0 Å². The summed E-state index contributed by atoms with van der Waals surface area (Å²) in [5.74, 6) is 1.20. The molecule has 0 spiro atoms. The van der Waals surface area contributed by atoms with Gasteiger partial charge in [0.2, 0.25) is 0 Å². The van der Waals surface area contributed by atoms with Crippen molar-refractivity contribution in [2.45, 2.75) is 25.3 Å². The van der Waals surface area contributed by atoms with Crippen molar-refractivity contribution >= 4 is 29.4 Å². The Bertz CT molecular complexity index is 487. The minimum Gasteiger partial charge on any atom is -0.481 e. The van der Waals surface area contributed by atoms with E-state index in [-0.39, 0.29) is 18.5 Å². The van der Waals surface area contributed by atoms with E-state index in [9.17, 15) is 9.59 Å². The van der Waals surface area contributed by atoms with Crippen molar-refractivity contribution in [1.82, 2.24) is 5.32 Å². The first-order valence-electron chi connectivity index (χ1n) is 6.60. The smallest absolute Gasteiger partial charge is 0.319 e. The first-order chi connectivity index (χ1) is 9.65. The van der Waals surface area contributed by atoms with Crippen LogP contribution in [0.15, 0.2) is 24.3 Å². The Morgan fingerprint density at radius 3 is 2.85 bits per heavy atom. The number of urea groups is 1. The fraction of sp³-hybridized carbons (Fsp3) is 0.429. The van der Waals surface area contributed by atoms with Gasteiger partial charge in [0.25, 0.3) is 0 Å². The molecule has 6 heteroatoms. The number of nitrogens with one attached hydrogen (secondary N) is 2. The van der Waals surface area contributed by atoms with Gasteiger partial charge < -0.3 is 15.7 Å². The number of thioether (sulfide) groups is 1. The number of carbonyl (C=O) groups is 2. The summed E-state index contributed by atoms with van der Waals surface area (Å²) in [4.78, 5) is 22.5. The highest BCUT2D eigenvalue weighted by molar-refractivity contribution is 7.99. The van der Waals surface area contributed by atoms with Gasteiger partial charge in [-0.05, 0) is 30.2 Å². The summed E-state index contributed by atoms with van der Waals surface area (Å²) < 4.78 is 0. The van der Waals surface area contributed by atoms with Gasteiger partial charge in [0, 0.05) is 23.9 Å². The summed E-state index contributed by atoms with van der Waals surface area (Å²) in [6, 6.07) is 7.30. The zero-order chi connectivity index (χ0) is 14.4. The zero-order valence-corrected chi connectivity index (χ0v) is 11.9. The second-order valence-corrected chi connectivity index (χ2v) is 5.86. The van der Waals surface area contributed by atoms with Crippen molar-refractivity contribution in [2.24, 2.45) is 0 Å². The monoisotopic (exact) mass is 294 g/mol. The van der Waals surface area contributed by atoms with E-state index in [4.69, 9.17) is 5.11 Å². The van der Waals surface area contributed by atoms with Crippen LogP contribution in [0.4, 0.5) is 10.5 Å². The average molecular weight is 294 g/mol. The van der Waals surface area contributed by atoms with Gasteiger partial charge in [-0.15, -0.1) is 0 Å².